The normalized spacial score (nSPS) is 16.8. The van der Waals surface area contributed by atoms with Gasteiger partial charge in [-0.2, -0.15) is 0 Å². The first-order valence-electron chi connectivity index (χ1n) is 6.97. The van der Waals surface area contributed by atoms with Gasteiger partial charge >= 0.3 is 6.03 Å². The molecule has 22 heavy (non-hydrogen) atoms. The van der Waals surface area contributed by atoms with Gasteiger partial charge in [-0.15, -0.1) is 0 Å². The molecule has 0 saturated carbocycles. The third-order valence-corrected chi connectivity index (χ3v) is 4.24. The van der Waals surface area contributed by atoms with Crippen molar-refractivity contribution in [1.82, 2.24) is 10.2 Å². The van der Waals surface area contributed by atoms with Crippen molar-refractivity contribution in [3.8, 4) is 0 Å². The van der Waals surface area contributed by atoms with Crippen molar-refractivity contribution < 1.29 is 13.6 Å². The van der Waals surface area contributed by atoms with Crippen LogP contribution in [0.1, 0.15) is 12.8 Å². The number of urea groups is 1. The van der Waals surface area contributed by atoms with Crippen LogP contribution in [0, 0.1) is 0 Å². The molecule has 1 saturated heterocycles. The van der Waals surface area contributed by atoms with E-state index in [4.69, 9.17) is 23.2 Å². The zero-order valence-electron chi connectivity index (χ0n) is 11.8. The molecule has 4 nitrogen and oxygen atoms in total. The third-order valence-electron chi connectivity index (χ3n) is 3.50. The standard InChI is InChI=1S/C14H17Cl2F2N3O/c15-11-2-1-10(7-12(11)16)20-14(22)19-9-3-5-21(6-4-9)8-13(17)18/h1-2,7,9,13H,3-6,8H2,(H2,19,20,22). The van der Waals surface area contributed by atoms with E-state index < -0.39 is 6.43 Å². The Morgan fingerprint density at radius 2 is 1.95 bits per heavy atom. The number of hydrogen-bond acceptors (Lipinski definition) is 2. The first-order valence-corrected chi connectivity index (χ1v) is 7.72. The van der Waals surface area contributed by atoms with Gasteiger partial charge in [0, 0.05) is 24.8 Å². The van der Waals surface area contributed by atoms with E-state index in [2.05, 4.69) is 10.6 Å². The van der Waals surface area contributed by atoms with E-state index in [1.807, 2.05) is 0 Å². The highest BCUT2D eigenvalue weighted by Crippen LogP contribution is 2.25. The van der Waals surface area contributed by atoms with Gasteiger partial charge in [0.05, 0.1) is 16.6 Å². The summed E-state index contributed by atoms with van der Waals surface area (Å²) in [6.45, 7) is 0.909. The lowest BCUT2D eigenvalue weighted by Gasteiger charge is -2.32. The molecule has 2 amide bonds. The number of piperidine rings is 1. The molecule has 1 heterocycles. The molecule has 0 spiro atoms. The van der Waals surface area contributed by atoms with E-state index in [9.17, 15) is 13.6 Å². The highest BCUT2D eigenvalue weighted by Gasteiger charge is 2.22. The van der Waals surface area contributed by atoms with E-state index in [1.165, 1.54) is 0 Å². The van der Waals surface area contributed by atoms with Gasteiger partial charge in [0.2, 0.25) is 0 Å². The molecule has 1 aromatic carbocycles. The largest absolute Gasteiger partial charge is 0.335 e. The second-order valence-corrected chi connectivity index (χ2v) is 6.01. The maximum absolute atomic E-state index is 12.3. The number of nitrogens with zero attached hydrogens (tertiary/aromatic N) is 1. The first-order chi connectivity index (χ1) is 10.4. The summed E-state index contributed by atoms with van der Waals surface area (Å²) in [5.74, 6) is 0. The predicted octanol–water partition coefficient (Wildman–Crippen LogP) is 3.84. The van der Waals surface area contributed by atoms with E-state index >= 15 is 0 Å². The second-order valence-electron chi connectivity index (χ2n) is 5.19. The Kier molecular flexibility index (Phi) is 6.23. The van der Waals surface area contributed by atoms with Crippen molar-refractivity contribution in [2.75, 3.05) is 25.0 Å². The maximum atomic E-state index is 12.3. The van der Waals surface area contributed by atoms with Gasteiger partial charge < -0.3 is 10.6 Å². The van der Waals surface area contributed by atoms with E-state index in [-0.39, 0.29) is 18.6 Å². The number of benzene rings is 1. The number of carbonyl (C=O) groups excluding carboxylic acids is 1. The van der Waals surface area contributed by atoms with Crippen LogP contribution in [0.2, 0.25) is 10.0 Å². The lowest BCUT2D eigenvalue weighted by molar-refractivity contribution is 0.0739. The number of halogens is 4. The van der Waals surface area contributed by atoms with Crippen molar-refractivity contribution in [3.63, 3.8) is 0 Å². The van der Waals surface area contributed by atoms with Crippen LogP contribution in [0.4, 0.5) is 19.3 Å². The molecule has 0 bridgehead atoms. The Bertz CT molecular complexity index is 523. The van der Waals surface area contributed by atoms with Gasteiger partial charge in [-0.25, -0.2) is 13.6 Å². The Balaban J connectivity index is 1.77. The second kappa shape index (κ2) is 7.94. The molecule has 0 radical (unpaired) electrons. The highest BCUT2D eigenvalue weighted by molar-refractivity contribution is 6.42. The summed E-state index contributed by atoms with van der Waals surface area (Å²) in [5, 5.41) is 6.29. The number of hydrogen-bond donors (Lipinski definition) is 2. The number of rotatable bonds is 4. The van der Waals surface area contributed by atoms with Gasteiger partial charge in [0.15, 0.2) is 0 Å². The quantitative estimate of drug-likeness (QED) is 0.865. The Hall–Kier alpha value is -1.11. The average Bonchev–Trinajstić information content (AvgIpc) is 2.44. The topological polar surface area (TPSA) is 44.4 Å². The van der Waals surface area contributed by atoms with Crippen LogP contribution in [0.15, 0.2) is 18.2 Å². The average molecular weight is 352 g/mol. The minimum Gasteiger partial charge on any atom is -0.335 e. The molecule has 1 aromatic rings. The van der Waals surface area contributed by atoms with Crippen molar-refractivity contribution in [2.24, 2.45) is 0 Å². The summed E-state index contributed by atoms with van der Waals surface area (Å²) in [6.07, 6.45) is -1.01. The predicted molar refractivity (Wildman–Crippen MR) is 84.1 cm³/mol. The number of carbonyl (C=O) groups is 1. The molecule has 122 valence electrons. The van der Waals surface area contributed by atoms with Crippen molar-refractivity contribution >= 4 is 34.9 Å². The monoisotopic (exact) mass is 351 g/mol. The summed E-state index contributed by atoms with van der Waals surface area (Å²) in [5.41, 5.74) is 0.544. The number of anilines is 1. The summed E-state index contributed by atoms with van der Waals surface area (Å²) in [6, 6.07) is 4.46. The maximum Gasteiger partial charge on any atom is 0.319 e. The molecule has 2 N–H and O–H groups in total. The van der Waals surface area contributed by atoms with Crippen LogP contribution in [-0.2, 0) is 0 Å². The Labute approximate surface area is 137 Å². The minimum atomic E-state index is -2.32. The summed E-state index contributed by atoms with van der Waals surface area (Å²) in [4.78, 5) is 13.6. The molecule has 1 fully saturated rings. The van der Waals surface area contributed by atoms with Gasteiger partial charge in [-0.05, 0) is 31.0 Å². The molecular weight excluding hydrogens is 335 g/mol. The lowest BCUT2D eigenvalue weighted by atomic mass is 10.1. The van der Waals surface area contributed by atoms with Crippen LogP contribution in [0.3, 0.4) is 0 Å². The van der Waals surface area contributed by atoms with Gasteiger partial charge in [-0.1, -0.05) is 23.2 Å². The van der Waals surface area contributed by atoms with E-state index in [1.54, 1.807) is 23.1 Å². The Morgan fingerprint density at radius 3 is 2.55 bits per heavy atom. The zero-order chi connectivity index (χ0) is 16.1. The van der Waals surface area contributed by atoms with Gasteiger partial charge in [0.1, 0.15) is 0 Å². The molecule has 0 unspecified atom stereocenters. The van der Waals surface area contributed by atoms with Gasteiger partial charge in [0.25, 0.3) is 6.43 Å². The number of amides is 2. The molecule has 1 aliphatic heterocycles. The van der Waals surface area contributed by atoms with Crippen LogP contribution in [0.25, 0.3) is 0 Å². The van der Waals surface area contributed by atoms with Crippen molar-refractivity contribution in [1.29, 1.82) is 0 Å². The van der Waals surface area contributed by atoms with Crippen LogP contribution in [-0.4, -0.2) is 43.0 Å². The molecule has 2 rings (SSSR count). The van der Waals surface area contributed by atoms with Crippen molar-refractivity contribution in [3.05, 3.63) is 28.2 Å². The SMILES string of the molecule is O=C(Nc1ccc(Cl)c(Cl)c1)NC1CCN(CC(F)F)CC1. The molecule has 8 heteroatoms. The van der Waals surface area contributed by atoms with Crippen LogP contribution >= 0.6 is 23.2 Å². The molecular formula is C14H17Cl2F2N3O. The fourth-order valence-corrected chi connectivity index (χ4v) is 2.68. The van der Waals surface area contributed by atoms with Crippen molar-refractivity contribution in [2.45, 2.75) is 25.3 Å². The summed E-state index contributed by atoms with van der Waals surface area (Å²) in [7, 11) is 0. The minimum absolute atomic E-state index is 0.0169. The van der Waals surface area contributed by atoms with Gasteiger partial charge in [-0.3, -0.25) is 4.90 Å². The van der Waals surface area contributed by atoms with E-state index in [0.717, 1.165) is 0 Å². The van der Waals surface area contributed by atoms with E-state index in [0.29, 0.717) is 41.7 Å². The summed E-state index contributed by atoms with van der Waals surface area (Å²) < 4.78 is 24.6. The number of likely N-dealkylation sites (tertiary alicyclic amines) is 1. The summed E-state index contributed by atoms with van der Waals surface area (Å²) >= 11 is 11.7. The lowest BCUT2D eigenvalue weighted by Crippen LogP contribution is -2.46. The van der Waals surface area contributed by atoms with Crippen LogP contribution in [0.5, 0.6) is 0 Å². The molecule has 0 aromatic heterocycles. The fraction of sp³-hybridized carbons (Fsp3) is 0.500. The third kappa shape index (κ3) is 5.26. The highest BCUT2D eigenvalue weighted by atomic mass is 35.5. The number of nitrogens with one attached hydrogen (secondary N) is 2. The Morgan fingerprint density at radius 1 is 1.27 bits per heavy atom. The fourth-order valence-electron chi connectivity index (χ4n) is 2.38. The molecule has 0 atom stereocenters. The first kappa shape index (κ1) is 17.2. The molecule has 1 aliphatic rings. The number of alkyl halides is 2. The van der Waals surface area contributed by atoms with Crippen LogP contribution < -0.4 is 10.6 Å². The molecule has 0 aliphatic carbocycles. The zero-order valence-corrected chi connectivity index (χ0v) is 13.3. The smallest absolute Gasteiger partial charge is 0.319 e.